The second-order valence-corrected chi connectivity index (χ2v) is 4.88. The van der Waals surface area contributed by atoms with E-state index in [0.717, 1.165) is 31.7 Å². The minimum Gasteiger partial charge on any atom is -0.315 e. The van der Waals surface area contributed by atoms with Gasteiger partial charge in [0.05, 0.1) is 0 Å². The molecule has 0 aromatic carbocycles. The molecule has 0 bridgehead atoms. The Balaban J connectivity index is 2.21. The molecule has 0 radical (unpaired) electrons. The van der Waals surface area contributed by atoms with Crippen LogP contribution in [0.3, 0.4) is 0 Å². The lowest BCUT2D eigenvalue weighted by molar-refractivity contribution is -0.139. The maximum atomic E-state index is 12.6. The van der Waals surface area contributed by atoms with Crippen molar-refractivity contribution in [1.82, 2.24) is 4.57 Å². The average Bonchev–Trinajstić information content (AvgIpc) is 2.32. The zero-order chi connectivity index (χ0) is 13.2. The molecule has 1 aliphatic rings. The molecule has 0 spiro atoms. The fourth-order valence-corrected chi connectivity index (χ4v) is 2.54. The van der Waals surface area contributed by atoms with E-state index in [1.807, 2.05) is 0 Å². The molecule has 1 aliphatic carbocycles. The molecule has 1 aromatic rings. The number of rotatable bonds is 2. The molecule has 5 heteroatoms. The van der Waals surface area contributed by atoms with Crippen LogP contribution in [-0.2, 0) is 12.7 Å². The number of hydrogen-bond donors (Lipinski definition) is 0. The third kappa shape index (κ3) is 2.94. The summed E-state index contributed by atoms with van der Waals surface area (Å²) in [6, 6.07) is 2.15. The quantitative estimate of drug-likeness (QED) is 0.797. The van der Waals surface area contributed by atoms with Gasteiger partial charge in [-0.05, 0) is 30.9 Å². The lowest BCUT2D eigenvalue weighted by Gasteiger charge is -2.22. The maximum absolute atomic E-state index is 12.6. The van der Waals surface area contributed by atoms with Crippen LogP contribution in [0, 0.1) is 5.92 Å². The number of halogens is 3. The number of alkyl halides is 3. The zero-order valence-corrected chi connectivity index (χ0v) is 10.0. The van der Waals surface area contributed by atoms with Gasteiger partial charge in [0, 0.05) is 12.7 Å². The molecule has 1 saturated carbocycles. The largest absolute Gasteiger partial charge is 0.421 e. The normalized spacial score (nSPS) is 17.9. The summed E-state index contributed by atoms with van der Waals surface area (Å²) >= 11 is 0. The number of hydrogen-bond acceptors (Lipinski definition) is 1. The minimum absolute atomic E-state index is 0.333. The average molecular weight is 259 g/mol. The lowest BCUT2D eigenvalue weighted by atomic mass is 9.89. The van der Waals surface area contributed by atoms with Crippen LogP contribution in [0.15, 0.2) is 23.1 Å². The molecule has 1 aromatic heterocycles. The summed E-state index contributed by atoms with van der Waals surface area (Å²) in [5, 5.41) is 0. The van der Waals surface area contributed by atoms with Crippen LogP contribution in [-0.4, -0.2) is 4.57 Å². The van der Waals surface area contributed by atoms with E-state index in [1.54, 1.807) is 0 Å². The topological polar surface area (TPSA) is 22.0 Å². The van der Waals surface area contributed by atoms with Gasteiger partial charge >= 0.3 is 6.18 Å². The number of nitrogens with zero attached hydrogens (tertiary/aromatic N) is 1. The second kappa shape index (κ2) is 5.16. The fraction of sp³-hybridized carbons (Fsp3) is 0.615. The Morgan fingerprint density at radius 1 is 1.22 bits per heavy atom. The lowest BCUT2D eigenvalue weighted by Crippen LogP contribution is -2.30. The summed E-state index contributed by atoms with van der Waals surface area (Å²) in [6.45, 7) is 0.406. The van der Waals surface area contributed by atoms with Gasteiger partial charge in [0.2, 0.25) is 0 Å². The van der Waals surface area contributed by atoms with Gasteiger partial charge < -0.3 is 4.57 Å². The first-order chi connectivity index (χ1) is 8.48. The highest BCUT2D eigenvalue weighted by Crippen LogP contribution is 2.27. The molecule has 2 rings (SSSR count). The van der Waals surface area contributed by atoms with E-state index in [9.17, 15) is 18.0 Å². The molecule has 0 aliphatic heterocycles. The highest BCUT2D eigenvalue weighted by Gasteiger charge is 2.34. The monoisotopic (exact) mass is 259 g/mol. The molecular weight excluding hydrogens is 243 g/mol. The predicted molar refractivity (Wildman–Crippen MR) is 62.3 cm³/mol. The molecule has 0 N–H and O–H groups in total. The molecule has 1 fully saturated rings. The van der Waals surface area contributed by atoms with Gasteiger partial charge in [-0.3, -0.25) is 4.79 Å². The van der Waals surface area contributed by atoms with E-state index in [4.69, 9.17) is 0 Å². The van der Waals surface area contributed by atoms with Crippen molar-refractivity contribution in [3.63, 3.8) is 0 Å². The summed E-state index contributed by atoms with van der Waals surface area (Å²) in [4.78, 5) is 11.7. The smallest absolute Gasteiger partial charge is 0.315 e. The maximum Gasteiger partial charge on any atom is 0.421 e. The molecule has 0 unspecified atom stereocenters. The van der Waals surface area contributed by atoms with Crippen molar-refractivity contribution in [2.45, 2.75) is 44.8 Å². The van der Waals surface area contributed by atoms with Crippen LogP contribution in [0.1, 0.15) is 37.7 Å². The molecule has 2 nitrogen and oxygen atoms in total. The summed E-state index contributed by atoms with van der Waals surface area (Å²) in [5.41, 5.74) is -1.99. The Labute approximate surface area is 103 Å². The zero-order valence-electron chi connectivity index (χ0n) is 10.0. The summed E-state index contributed by atoms with van der Waals surface area (Å²) in [7, 11) is 0. The van der Waals surface area contributed by atoms with Gasteiger partial charge in [-0.2, -0.15) is 13.2 Å². The van der Waals surface area contributed by atoms with Gasteiger partial charge in [-0.1, -0.05) is 19.3 Å². The highest BCUT2D eigenvalue weighted by molar-refractivity contribution is 5.14. The number of pyridine rings is 1. The van der Waals surface area contributed by atoms with E-state index in [-0.39, 0.29) is 0 Å². The molecule has 0 amide bonds. The van der Waals surface area contributed by atoms with Crippen LogP contribution in [0.25, 0.3) is 0 Å². The molecule has 0 saturated heterocycles. The van der Waals surface area contributed by atoms with E-state index >= 15 is 0 Å². The van der Waals surface area contributed by atoms with Crippen molar-refractivity contribution in [1.29, 1.82) is 0 Å². The van der Waals surface area contributed by atoms with Crippen molar-refractivity contribution in [3.8, 4) is 0 Å². The second-order valence-electron chi connectivity index (χ2n) is 4.88. The summed E-state index contributed by atoms with van der Waals surface area (Å²) in [6.07, 6.45) is 2.30. The van der Waals surface area contributed by atoms with E-state index in [2.05, 4.69) is 0 Å². The van der Waals surface area contributed by atoms with E-state index in [1.165, 1.54) is 23.3 Å². The molecular formula is C13H16F3NO. The molecule has 100 valence electrons. The van der Waals surface area contributed by atoms with Gasteiger partial charge in [0.25, 0.3) is 5.56 Å². The number of aromatic nitrogens is 1. The van der Waals surface area contributed by atoms with Crippen LogP contribution in [0.4, 0.5) is 13.2 Å². The Hall–Kier alpha value is -1.26. The van der Waals surface area contributed by atoms with Crippen molar-refractivity contribution in [3.05, 3.63) is 34.2 Å². The molecule has 1 heterocycles. The third-order valence-corrected chi connectivity index (χ3v) is 3.51. The van der Waals surface area contributed by atoms with Crippen molar-refractivity contribution in [2.75, 3.05) is 0 Å². The van der Waals surface area contributed by atoms with Crippen LogP contribution in [0.2, 0.25) is 0 Å². The third-order valence-electron chi connectivity index (χ3n) is 3.51. The van der Waals surface area contributed by atoms with Gasteiger partial charge in [0.1, 0.15) is 5.56 Å². The van der Waals surface area contributed by atoms with Crippen LogP contribution < -0.4 is 5.56 Å². The van der Waals surface area contributed by atoms with Crippen LogP contribution in [0.5, 0.6) is 0 Å². The molecule has 18 heavy (non-hydrogen) atoms. The molecule has 0 atom stereocenters. The SMILES string of the molecule is O=c1c(C(F)(F)F)cccn1CC1CCCCC1. The van der Waals surface area contributed by atoms with Gasteiger partial charge in [-0.15, -0.1) is 0 Å². The first-order valence-corrected chi connectivity index (χ1v) is 6.25. The first kappa shape index (κ1) is 13.2. The minimum atomic E-state index is -4.56. The van der Waals surface area contributed by atoms with E-state index in [0.29, 0.717) is 12.5 Å². The Bertz CT molecular complexity index is 458. The van der Waals surface area contributed by atoms with Crippen LogP contribution >= 0.6 is 0 Å². The van der Waals surface area contributed by atoms with Gasteiger partial charge in [-0.25, -0.2) is 0 Å². The standard InChI is InChI=1S/C13H16F3NO/c14-13(15,16)11-7-4-8-17(12(11)18)9-10-5-2-1-3-6-10/h4,7-8,10H,1-3,5-6,9H2. The Morgan fingerprint density at radius 3 is 2.50 bits per heavy atom. The first-order valence-electron chi connectivity index (χ1n) is 6.25. The summed E-state index contributed by atoms with van der Waals surface area (Å²) < 4.78 is 39.0. The highest BCUT2D eigenvalue weighted by atomic mass is 19.4. The summed E-state index contributed by atoms with van der Waals surface area (Å²) in [5.74, 6) is 0.333. The van der Waals surface area contributed by atoms with Crippen molar-refractivity contribution >= 4 is 0 Å². The van der Waals surface area contributed by atoms with E-state index < -0.39 is 17.3 Å². The van der Waals surface area contributed by atoms with Crippen molar-refractivity contribution in [2.24, 2.45) is 5.92 Å². The predicted octanol–water partition coefficient (Wildman–Crippen LogP) is 3.45. The fourth-order valence-electron chi connectivity index (χ4n) is 2.54. The Kier molecular flexibility index (Phi) is 3.78. The van der Waals surface area contributed by atoms with Gasteiger partial charge in [0.15, 0.2) is 0 Å². The van der Waals surface area contributed by atoms with Crippen molar-refractivity contribution < 1.29 is 13.2 Å². The Morgan fingerprint density at radius 2 is 1.89 bits per heavy atom.